The molecular formula is C19H24ClN3O3. The van der Waals surface area contributed by atoms with E-state index in [0.29, 0.717) is 23.6 Å². The highest BCUT2D eigenvalue weighted by Crippen LogP contribution is 2.32. The predicted octanol–water partition coefficient (Wildman–Crippen LogP) is 3.62. The number of carbonyl (C=O) groups excluding carboxylic acids is 3. The SMILES string of the molecule is Cc1c(Cl)cccc1NC(=O)CN1C(=O)NC2(CCCCCCC2)C1=O. The normalized spacial score (nSPS) is 19.8. The standard InChI is InChI=1S/C19H24ClN3O3/c1-13-14(20)8-7-9-15(13)21-16(24)12-23-17(25)19(22-18(23)26)10-5-3-2-4-6-11-19/h7-9H,2-6,10-12H2,1H3,(H,21,24)(H,22,26). The van der Waals surface area contributed by atoms with Crippen molar-refractivity contribution >= 4 is 35.1 Å². The highest BCUT2D eigenvalue weighted by Gasteiger charge is 2.50. The number of nitrogens with zero attached hydrogens (tertiary/aromatic N) is 1. The summed E-state index contributed by atoms with van der Waals surface area (Å²) in [4.78, 5) is 38.7. The van der Waals surface area contributed by atoms with E-state index in [0.717, 1.165) is 36.1 Å². The van der Waals surface area contributed by atoms with Crippen molar-refractivity contribution in [3.63, 3.8) is 0 Å². The van der Waals surface area contributed by atoms with E-state index in [1.165, 1.54) is 6.42 Å². The molecule has 2 fully saturated rings. The molecule has 0 aromatic heterocycles. The van der Waals surface area contributed by atoms with Crippen LogP contribution in [0.3, 0.4) is 0 Å². The van der Waals surface area contributed by atoms with Gasteiger partial charge in [-0.1, -0.05) is 49.8 Å². The van der Waals surface area contributed by atoms with Gasteiger partial charge in [0.2, 0.25) is 5.91 Å². The van der Waals surface area contributed by atoms with Gasteiger partial charge in [-0.3, -0.25) is 14.5 Å². The van der Waals surface area contributed by atoms with Gasteiger partial charge in [0.1, 0.15) is 12.1 Å². The molecule has 0 atom stereocenters. The van der Waals surface area contributed by atoms with Crippen LogP contribution in [0.2, 0.25) is 5.02 Å². The second-order valence-corrected chi connectivity index (χ2v) is 7.54. The lowest BCUT2D eigenvalue weighted by Crippen LogP contribution is -2.47. The van der Waals surface area contributed by atoms with Crippen molar-refractivity contribution in [3.05, 3.63) is 28.8 Å². The number of halogens is 1. The molecule has 140 valence electrons. The van der Waals surface area contributed by atoms with Crippen LogP contribution in [-0.2, 0) is 9.59 Å². The molecule has 6 nitrogen and oxygen atoms in total. The number of nitrogens with one attached hydrogen (secondary N) is 2. The molecule has 1 saturated heterocycles. The van der Waals surface area contributed by atoms with Gasteiger partial charge in [0.05, 0.1) is 0 Å². The molecule has 1 aliphatic heterocycles. The average molecular weight is 378 g/mol. The molecule has 7 heteroatoms. The molecule has 2 aliphatic rings. The van der Waals surface area contributed by atoms with E-state index >= 15 is 0 Å². The molecule has 26 heavy (non-hydrogen) atoms. The van der Waals surface area contributed by atoms with E-state index < -0.39 is 17.5 Å². The monoisotopic (exact) mass is 377 g/mol. The van der Waals surface area contributed by atoms with Gasteiger partial charge in [0.25, 0.3) is 5.91 Å². The number of imide groups is 1. The number of hydrogen-bond acceptors (Lipinski definition) is 3. The Hall–Kier alpha value is -2.08. The molecule has 1 aromatic rings. The number of rotatable bonds is 3. The second kappa shape index (κ2) is 7.66. The van der Waals surface area contributed by atoms with E-state index in [9.17, 15) is 14.4 Å². The lowest BCUT2D eigenvalue weighted by atomic mass is 9.84. The molecule has 0 radical (unpaired) electrons. The summed E-state index contributed by atoms with van der Waals surface area (Å²) in [5.41, 5.74) is 0.496. The lowest BCUT2D eigenvalue weighted by Gasteiger charge is -2.28. The molecule has 1 aliphatic carbocycles. The molecule has 1 aromatic carbocycles. The Morgan fingerprint density at radius 3 is 2.54 bits per heavy atom. The number of urea groups is 1. The third-order valence-corrected chi connectivity index (χ3v) is 5.71. The first kappa shape index (κ1) is 18.7. The summed E-state index contributed by atoms with van der Waals surface area (Å²) >= 11 is 6.06. The maximum atomic E-state index is 12.9. The van der Waals surface area contributed by atoms with Crippen LogP contribution in [0.25, 0.3) is 0 Å². The maximum absolute atomic E-state index is 12.9. The van der Waals surface area contributed by atoms with Crippen molar-refractivity contribution < 1.29 is 14.4 Å². The molecule has 4 amide bonds. The van der Waals surface area contributed by atoms with Gasteiger partial charge < -0.3 is 10.6 Å². The Morgan fingerprint density at radius 2 is 1.85 bits per heavy atom. The van der Waals surface area contributed by atoms with Crippen LogP contribution in [0.4, 0.5) is 10.5 Å². The smallest absolute Gasteiger partial charge is 0.324 e. The van der Waals surface area contributed by atoms with E-state index in [1.54, 1.807) is 25.1 Å². The Morgan fingerprint density at radius 1 is 1.19 bits per heavy atom. The first-order chi connectivity index (χ1) is 12.4. The number of hydrogen-bond donors (Lipinski definition) is 2. The van der Waals surface area contributed by atoms with Crippen molar-refractivity contribution in [1.29, 1.82) is 0 Å². The van der Waals surface area contributed by atoms with Crippen LogP contribution >= 0.6 is 11.6 Å². The van der Waals surface area contributed by atoms with Crippen LogP contribution in [0.1, 0.15) is 50.5 Å². The number of amides is 4. The highest BCUT2D eigenvalue weighted by atomic mass is 35.5. The van der Waals surface area contributed by atoms with Crippen LogP contribution in [0, 0.1) is 6.92 Å². The second-order valence-electron chi connectivity index (χ2n) is 7.13. The zero-order valence-corrected chi connectivity index (χ0v) is 15.7. The summed E-state index contributed by atoms with van der Waals surface area (Å²) in [5, 5.41) is 6.15. The van der Waals surface area contributed by atoms with Crippen LogP contribution in [0.5, 0.6) is 0 Å². The minimum Gasteiger partial charge on any atom is -0.324 e. The van der Waals surface area contributed by atoms with Crippen molar-refractivity contribution in [1.82, 2.24) is 10.2 Å². The van der Waals surface area contributed by atoms with E-state index in [1.807, 2.05) is 0 Å². The fourth-order valence-electron chi connectivity index (χ4n) is 3.74. The summed E-state index contributed by atoms with van der Waals surface area (Å²) in [7, 11) is 0. The molecule has 2 N–H and O–H groups in total. The fraction of sp³-hybridized carbons (Fsp3) is 0.526. The topological polar surface area (TPSA) is 78.5 Å². The summed E-state index contributed by atoms with van der Waals surface area (Å²) in [6, 6.07) is 4.74. The summed E-state index contributed by atoms with van der Waals surface area (Å²) in [6.07, 6.45) is 6.41. The first-order valence-corrected chi connectivity index (χ1v) is 9.50. The fourth-order valence-corrected chi connectivity index (χ4v) is 3.92. The summed E-state index contributed by atoms with van der Waals surface area (Å²) in [5.74, 6) is -0.691. The minimum atomic E-state index is -0.830. The quantitative estimate of drug-likeness (QED) is 0.789. The first-order valence-electron chi connectivity index (χ1n) is 9.12. The third-order valence-electron chi connectivity index (χ3n) is 5.30. The predicted molar refractivity (Wildman–Crippen MR) is 100 cm³/mol. The van der Waals surface area contributed by atoms with Gasteiger partial charge in [0.15, 0.2) is 0 Å². The van der Waals surface area contributed by atoms with Crippen molar-refractivity contribution in [2.45, 2.75) is 57.4 Å². The molecule has 1 saturated carbocycles. The lowest BCUT2D eigenvalue weighted by molar-refractivity contribution is -0.134. The van der Waals surface area contributed by atoms with Gasteiger partial charge >= 0.3 is 6.03 Å². The molecule has 3 rings (SSSR count). The minimum absolute atomic E-state index is 0.276. The third kappa shape index (κ3) is 3.70. The Bertz CT molecular complexity index is 727. The van der Waals surface area contributed by atoms with E-state index in [-0.39, 0.29) is 12.5 Å². The number of benzene rings is 1. The zero-order chi connectivity index (χ0) is 18.7. The van der Waals surface area contributed by atoms with Crippen molar-refractivity contribution in [3.8, 4) is 0 Å². The van der Waals surface area contributed by atoms with Crippen LogP contribution < -0.4 is 10.6 Å². The van der Waals surface area contributed by atoms with Gasteiger partial charge in [-0.15, -0.1) is 0 Å². The molecule has 1 heterocycles. The van der Waals surface area contributed by atoms with Gasteiger partial charge in [-0.25, -0.2) is 4.79 Å². The number of anilines is 1. The molecule has 0 unspecified atom stereocenters. The molecule has 0 bridgehead atoms. The van der Waals surface area contributed by atoms with Crippen LogP contribution in [0.15, 0.2) is 18.2 Å². The zero-order valence-electron chi connectivity index (χ0n) is 14.9. The van der Waals surface area contributed by atoms with Gasteiger partial charge in [0, 0.05) is 10.7 Å². The van der Waals surface area contributed by atoms with E-state index in [4.69, 9.17) is 11.6 Å². The average Bonchev–Trinajstić information content (AvgIpc) is 2.80. The summed E-state index contributed by atoms with van der Waals surface area (Å²) in [6.45, 7) is 1.51. The van der Waals surface area contributed by atoms with Crippen LogP contribution in [-0.4, -0.2) is 34.8 Å². The Kier molecular flexibility index (Phi) is 5.51. The molecular weight excluding hydrogens is 354 g/mol. The van der Waals surface area contributed by atoms with Gasteiger partial charge in [-0.2, -0.15) is 0 Å². The molecule has 1 spiro atoms. The highest BCUT2D eigenvalue weighted by molar-refractivity contribution is 6.31. The van der Waals surface area contributed by atoms with E-state index in [2.05, 4.69) is 10.6 Å². The largest absolute Gasteiger partial charge is 0.325 e. The van der Waals surface area contributed by atoms with Crippen molar-refractivity contribution in [2.75, 3.05) is 11.9 Å². The van der Waals surface area contributed by atoms with Gasteiger partial charge in [-0.05, 0) is 37.5 Å². The summed E-state index contributed by atoms with van der Waals surface area (Å²) < 4.78 is 0. The number of carbonyl (C=O) groups is 3. The maximum Gasteiger partial charge on any atom is 0.325 e. The van der Waals surface area contributed by atoms with Crippen molar-refractivity contribution in [2.24, 2.45) is 0 Å². The Labute approximate surface area is 158 Å². The Balaban J connectivity index is 1.69.